The molecule has 1 fully saturated rings. The Balaban J connectivity index is 2.91. The van der Waals surface area contributed by atoms with Gasteiger partial charge in [0.1, 0.15) is 0 Å². The average Bonchev–Trinajstić information content (AvgIpc) is 2.27. The number of hydrogen-bond donors (Lipinski definition) is 2. The molecule has 2 nitrogen and oxygen atoms in total. The Kier molecular flexibility index (Phi) is 4.19. The van der Waals surface area contributed by atoms with Gasteiger partial charge < -0.3 is 11.1 Å². The van der Waals surface area contributed by atoms with Gasteiger partial charge >= 0.3 is 0 Å². The summed E-state index contributed by atoms with van der Waals surface area (Å²) in [5.74, 6) is 2.95. The van der Waals surface area contributed by atoms with E-state index >= 15 is 0 Å². The van der Waals surface area contributed by atoms with Crippen molar-refractivity contribution in [1.82, 2.24) is 5.32 Å². The maximum Gasteiger partial charge on any atom is 0.0207 e. The highest BCUT2D eigenvalue weighted by Gasteiger charge is 2.45. The number of rotatable bonds is 3. The maximum atomic E-state index is 5.90. The van der Waals surface area contributed by atoms with E-state index in [1.54, 1.807) is 0 Å². The van der Waals surface area contributed by atoms with E-state index in [9.17, 15) is 0 Å². The Bertz CT molecular complexity index is 197. The Morgan fingerprint density at radius 3 is 2.27 bits per heavy atom. The standard InChI is InChI=1S/C13H28N2/c1-6-13(15-5)7-12(8-14)10(3)9(2)11(13)4/h9-12,15H,6-8,14H2,1-5H3. The molecule has 0 aromatic heterocycles. The van der Waals surface area contributed by atoms with E-state index in [0.717, 1.165) is 24.3 Å². The van der Waals surface area contributed by atoms with Gasteiger partial charge in [0.25, 0.3) is 0 Å². The Hall–Kier alpha value is -0.0800. The minimum atomic E-state index is 0.315. The van der Waals surface area contributed by atoms with Crippen molar-refractivity contribution in [3.8, 4) is 0 Å². The summed E-state index contributed by atoms with van der Waals surface area (Å²) in [4.78, 5) is 0. The average molecular weight is 212 g/mol. The molecule has 15 heavy (non-hydrogen) atoms. The summed E-state index contributed by atoms with van der Waals surface area (Å²) >= 11 is 0. The van der Waals surface area contributed by atoms with Crippen molar-refractivity contribution in [3.63, 3.8) is 0 Å². The summed E-state index contributed by atoms with van der Waals surface area (Å²) < 4.78 is 0. The van der Waals surface area contributed by atoms with Crippen LogP contribution in [0.1, 0.15) is 40.5 Å². The second-order valence-electron chi connectivity index (χ2n) is 5.47. The van der Waals surface area contributed by atoms with Crippen LogP contribution in [0.25, 0.3) is 0 Å². The summed E-state index contributed by atoms with van der Waals surface area (Å²) in [5, 5.41) is 3.58. The first-order valence-electron chi connectivity index (χ1n) is 6.41. The van der Waals surface area contributed by atoms with Gasteiger partial charge in [-0.1, -0.05) is 27.7 Å². The summed E-state index contributed by atoms with van der Waals surface area (Å²) in [6, 6.07) is 0. The van der Waals surface area contributed by atoms with Crippen LogP contribution in [0.5, 0.6) is 0 Å². The molecule has 0 aromatic rings. The van der Waals surface area contributed by atoms with Gasteiger partial charge in [-0.05, 0) is 50.1 Å². The lowest BCUT2D eigenvalue weighted by Gasteiger charge is -2.51. The van der Waals surface area contributed by atoms with Crippen molar-refractivity contribution in [1.29, 1.82) is 0 Å². The van der Waals surface area contributed by atoms with Crippen LogP contribution in [-0.2, 0) is 0 Å². The third-order valence-corrected chi connectivity index (χ3v) is 5.29. The van der Waals surface area contributed by atoms with Crippen LogP contribution in [-0.4, -0.2) is 19.1 Å². The SMILES string of the molecule is CCC1(NC)CC(CN)C(C)C(C)C1C. The van der Waals surface area contributed by atoms with Gasteiger partial charge in [0.2, 0.25) is 0 Å². The van der Waals surface area contributed by atoms with Crippen molar-refractivity contribution in [3.05, 3.63) is 0 Å². The van der Waals surface area contributed by atoms with Crippen molar-refractivity contribution < 1.29 is 0 Å². The number of hydrogen-bond acceptors (Lipinski definition) is 2. The molecule has 0 heterocycles. The van der Waals surface area contributed by atoms with Gasteiger partial charge in [0.15, 0.2) is 0 Å². The minimum Gasteiger partial charge on any atom is -0.330 e. The smallest absolute Gasteiger partial charge is 0.0207 e. The Labute approximate surface area is 95.0 Å². The Morgan fingerprint density at radius 2 is 1.87 bits per heavy atom. The van der Waals surface area contributed by atoms with Gasteiger partial charge in [-0.15, -0.1) is 0 Å². The van der Waals surface area contributed by atoms with E-state index in [1.807, 2.05) is 0 Å². The van der Waals surface area contributed by atoms with Crippen LogP contribution in [0, 0.1) is 23.7 Å². The highest BCUT2D eigenvalue weighted by atomic mass is 15.0. The zero-order valence-corrected chi connectivity index (χ0v) is 11.0. The van der Waals surface area contributed by atoms with E-state index in [0.29, 0.717) is 11.5 Å². The van der Waals surface area contributed by atoms with Gasteiger partial charge in [0.05, 0.1) is 0 Å². The van der Waals surface area contributed by atoms with E-state index in [4.69, 9.17) is 5.73 Å². The normalized spacial score (nSPS) is 46.8. The third-order valence-electron chi connectivity index (χ3n) is 5.29. The molecule has 2 heteroatoms. The lowest BCUT2D eigenvalue weighted by molar-refractivity contribution is 0.0258. The molecule has 0 radical (unpaired) electrons. The fourth-order valence-corrected chi connectivity index (χ4v) is 3.50. The molecule has 1 saturated carbocycles. The lowest BCUT2D eigenvalue weighted by atomic mass is 9.59. The molecular formula is C13H28N2. The maximum absolute atomic E-state index is 5.90. The fourth-order valence-electron chi connectivity index (χ4n) is 3.50. The molecule has 0 aromatic carbocycles. The van der Waals surface area contributed by atoms with Crippen LogP contribution in [0.15, 0.2) is 0 Å². The zero-order chi connectivity index (χ0) is 11.6. The van der Waals surface area contributed by atoms with Gasteiger partial charge in [-0.2, -0.15) is 0 Å². The van der Waals surface area contributed by atoms with Gasteiger partial charge in [-0.25, -0.2) is 0 Å². The summed E-state index contributed by atoms with van der Waals surface area (Å²) in [6.07, 6.45) is 2.45. The molecular weight excluding hydrogens is 184 g/mol. The molecule has 0 saturated heterocycles. The monoisotopic (exact) mass is 212 g/mol. The molecule has 5 atom stereocenters. The first kappa shape index (κ1) is 13.0. The molecule has 1 aliphatic carbocycles. The van der Waals surface area contributed by atoms with Crippen LogP contribution in [0.4, 0.5) is 0 Å². The number of nitrogens with two attached hydrogens (primary N) is 1. The topological polar surface area (TPSA) is 38.0 Å². The third kappa shape index (κ3) is 2.07. The van der Waals surface area contributed by atoms with Crippen molar-refractivity contribution in [2.24, 2.45) is 29.4 Å². The van der Waals surface area contributed by atoms with Crippen molar-refractivity contribution in [2.75, 3.05) is 13.6 Å². The quantitative estimate of drug-likeness (QED) is 0.753. The molecule has 0 spiro atoms. The van der Waals surface area contributed by atoms with Crippen molar-refractivity contribution in [2.45, 2.75) is 46.1 Å². The molecule has 1 rings (SSSR count). The largest absolute Gasteiger partial charge is 0.330 e. The molecule has 1 aliphatic rings. The van der Waals surface area contributed by atoms with Crippen LogP contribution < -0.4 is 11.1 Å². The molecule has 5 unspecified atom stereocenters. The molecule has 0 amide bonds. The van der Waals surface area contributed by atoms with Crippen LogP contribution in [0.3, 0.4) is 0 Å². The predicted molar refractivity (Wildman–Crippen MR) is 66.7 cm³/mol. The molecule has 90 valence electrons. The van der Waals surface area contributed by atoms with E-state index in [2.05, 4.69) is 40.1 Å². The molecule has 3 N–H and O–H groups in total. The minimum absolute atomic E-state index is 0.315. The highest BCUT2D eigenvalue weighted by Crippen LogP contribution is 2.45. The second kappa shape index (κ2) is 4.84. The lowest BCUT2D eigenvalue weighted by Crippen LogP contribution is -2.57. The molecule has 0 bridgehead atoms. The van der Waals surface area contributed by atoms with E-state index in [-0.39, 0.29) is 0 Å². The summed E-state index contributed by atoms with van der Waals surface area (Å²) in [6.45, 7) is 10.3. The first-order valence-corrected chi connectivity index (χ1v) is 6.41. The van der Waals surface area contributed by atoms with Gasteiger partial charge in [-0.3, -0.25) is 0 Å². The van der Waals surface area contributed by atoms with Crippen molar-refractivity contribution >= 4 is 0 Å². The first-order chi connectivity index (χ1) is 7.02. The predicted octanol–water partition coefficient (Wildman–Crippen LogP) is 2.24. The Morgan fingerprint density at radius 1 is 1.27 bits per heavy atom. The number of nitrogens with one attached hydrogen (secondary N) is 1. The van der Waals surface area contributed by atoms with Crippen LogP contribution in [0.2, 0.25) is 0 Å². The summed E-state index contributed by atoms with van der Waals surface area (Å²) in [7, 11) is 2.11. The zero-order valence-electron chi connectivity index (χ0n) is 11.0. The molecule has 0 aliphatic heterocycles. The van der Waals surface area contributed by atoms with E-state index < -0.39 is 0 Å². The summed E-state index contributed by atoms with van der Waals surface area (Å²) in [5.41, 5.74) is 6.22. The van der Waals surface area contributed by atoms with Gasteiger partial charge in [0, 0.05) is 5.54 Å². The van der Waals surface area contributed by atoms with E-state index in [1.165, 1.54) is 12.8 Å². The highest BCUT2D eigenvalue weighted by molar-refractivity contribution is 5.00. The second-order valence-corrected chi connectivity index (χ2v) is 5.47. The fraction of sp³-hybridized carbons (Fsp3) is 1.00. The van der Waals surface area contributed by atoms with Crippen LogP contribution >= 0.6 is 0 Å².